The number of nitrogens with zero attached hydrogens (tertiary/aromatic N) is 2. The zero-order chi connectivity index (χ0) is 16.0. The van der Waals surface area contributed by atoms with E-state index in [2.05, 4.69) is 42.6 Å². The van der Waals surface area contributed by atoms with Crippen LogP contribution in [-0.2, 0) is 4.74 Å². The van der Waals surface area contributed by atoms with Gasteiger partial charge in [0.1, 0.15) is 0 Å². The van der Waals surface area contributed by atoms with E-state index in [-0.39, 0.29) is 34.8 Å². The largest absolute Gasteiger partial charge is 0.373 e. The van der Waals surface area contributed by atoms with Crippen LogP contribution in [0, 0.1) is 0 Å². The third kappa shape index (κ3) is 6.96. The summed E-state index contributed by atoms with van der Waals surface area (Å²) >= 11 is 1.85. The summed E-state index contributed by atoms with van der Waals surface area (Å²) in [7, 11) is 0. The Morgan fingerprint density at radius 2 is 2.17 bits per heavy atom. The van der Waals surface area contributed by atoms with E-state index < -0.39 is 0 Å². The van der Waals surface area contributed by atoms with E-state index in [0.717, 1.165) is 38.7 Å². The van der Waals surface area contributed by atoms with Gasteiger partial charge in [-0.15, -0.1) is 24.0 Å². The SMILES string of the molecule is CCNC(=NCC(C)(C)SC)NCC1CN2CCCC2CO1.I. The third-order valence-electron chi connectivity index (χ3n) is 4.47. The number of guanidine groups is 1. The zero-order valence-corrected chi connectivity index (χ0v) is 18.1. The minimum Gasteiger partial charge on any atom is -0.373 e. The second kappa shape index (κ2) is 10.3. The van der Waals surface area contributed by atoms with Crippen LogP contribution in [0.5, 0.6) is 0 Å². The molecule has 23 heavy (non-hydrogen) atoms. The summed E-state index contributed by atoms with van der Waals surface area (Å²) in [4.78, 5) is 7.29. The number of thioether (sulfide) groups is 1. The minimum absolute atomic E-state index is 0. The molecule has 0 aliphatic carbocycles. The molecule has 2 unspecified atom stereocenters. The Labute approximate surface area is 162 Å². The van der Waals surface area contributed by atoms with Crippen molar-refractivity contribution >= 4 is 41.7 Å². The molecule has 0 aromatic carbocycles. The second-order valence-corrected chi connectivity index (χ2v) is 8.30. The minimum atomic E-state index is 0. The molecular formula is C16H33IN4OS. The molecule has 2 saturated heterocycles. The van der Waals surface area contributed by atoms with Crippen molar-refractivity contribution in [3.8, 4) is 0 Å². The summed E-state index contributed by atoms with van der Waals surface area (Å²) in [5.41, 5.74) is 0. The first kappa shape index (κ1) is 21.3. The molecule has 2 rings (SSSR count). The number of ether oxygens (including phenoxy) is 1. The Hall–Kier alpha value is 0.270. The van der Waals surface area contributed by atoms with Crippen molar-refractivity contribution in [2.75, 3.05) is 45.6 Å². The van der Waals surface area contributed by atoms with Crippen molar-refractivity contribution < 1.29 is 4.74 Å². The molecule has 136 valence electrons. The van der Waals surface area contributed by atoms with Gasteiger partial charge in [-0.05, 0) is 46.4 Å². The van der Waals surface area contributed by atoms with Gasteiger partial charge in [-0.2, -0.15) is 11.8 Å². The predicted octanol–water partition coefficient (Wildman–Crippen LogP) is 2.16. The van der Waals surface area contributed by atoms with Gasteiger partial charge in [0.15, 0.2) is 5.96 Å². The standard InChI is InChI=1S/C16H32N4OS.HI/c1-5-17-15(19-12-16(2,3)22-4)18-9-14-10-20-8-6-7-13(20)11-21-14;/h13-14H,5-12H2,1-4H3,(H2,17,18,19);1H. The number of hydrogen-bond donors (Lipinski definition) is 2. The number of hydrogen-bond acceptors (Lipinski definition) is 4. The lowest BCUT2D eigenvalue weighted by Gasteiger charge is -2.35. The Morgan fingerprint density at radius 1 is 1.39 bits per heavy atom. The Balaban J connectivity index is 0.00000264. The summed E-state index contributed by atoms with van der Waals surface area (Å²) in [5.74, 6) is 0.900. The smallest absolute Gasteiger partial charge is 0.191 e. The van der Waals surface area contributed by atoms with Gasteiger partial charge in [-0.1, -0.05) is 0 Å². The van der Waals surface area contributed by atoms with E-state index in [0.29, 0.717) is 6.04 Å². The molecule has 7 heteroatoms. The van der Waals surface area contributed by atoms with Crippen molar-refractivity contribution in [3.05, 3.63) is 0 Å². The second-order valence-electron chi connectivity index (χ2n) is 6.79. The molecule has 2 N–H and O–H groups in total. The van der Waals surface area contributed by atoms with Crippen molar-refractivity contribution in [1.82, 2.24) is 15.5 Å². The van der Waals surface area contributed by atoms with Crippen molar-refractivity contribution in [2.24, 2.45) is 4.99 Å². The molecule has 2 heterocycles. The Bertz CT molecular complexity index is 381. The lowest BCUT2D eigenvalue weighted by molar-refractivity contribution is -0.0453. The summed E-state index contributed by atoms with van der Waals surface area (Å²) < 4.78 is 6.17. The highest BCUT2D eigenvalue weighted by atomic mass is 127. The predicted molar refractivity (Wildman–Crippen MR) is 111 cm³/mol. The van der Waals surface area contributed by atoms with E-state index in [1.807, 2.05) is 11.8 Å². The molecule has 0 radical (unpaired) electrons. The van der Waals surface area contributed by atoms with E-state index in [9.17, 15) is 0 Å². The summed E-state index contributed by atoms with van der Waals surface area (Å²) in [5, 5.41) is 6.77. The fourth-order valence-corrected chi connectivity index (χ4v) is 3.09. The van der Waals surface area contributed by atoms with E-state index in [1.165, 1.54) is 19.4 Å². The highest BCUT2D eigenvalue weighted by Crippen LogP contribution is 2.22. The fraction of sp³-hybridized carbons (Fsp3) is 0.938. The summed E-state index contributed by atoms with van der Waals surface area (Å²) in [6.45, 7) is 12.2. The number of aliphatic imine (C=N–C) groups is 1. The highest BCUT2D eigenvalue weighted by Gasteiger charge is 2.32. The lowest BCUT2D eigenvalue weighted by Crippen LogP contribution is -2.51. The van der Waals surface area contributed by atoms with Crippen molar-refractivity contribution in [1.29, 1.82) is 0 Å². The third-order valence-corrected chi connectivity index (χ3v) is 5.71. The van der Waals surface area contributed by atoms with Gasteiger partial charge in [0.2, 0.25) is 0 Å². The first-order valence-electron chi connectivity index (χ1n) is 8.47. The van der Waals surface area contributed by atoms with Crippen LogP contribution in [-0.4, -0.2) is 73.3 Å². The number of morpholine rings is 1. The fourth-order valence-electron chi connectivity index (χ4n) is 2.90. The molecule has 0 bridgehead atoms. The van der Waals surface area contributed by atoms with Gasteiger partial charge >= 0.3 is 0 Å². The van der Waals surface area contributed by atoms with E-state index in [4.69, 9.17) is 9.73 Å². The van der Waals surface area contributed by atoms with Gasteiger partial charge in [-0.25, -0.2) is 0 Å². The maximum Gasteiger partial charge on any atom is 0.191 e. The molecule has 0 spiro atoms. The maximum absolute atomic E-state index is 6.00. The maximum atomic E-state index is 6.00. The van der Waals surface area contributed by atoms with Crippen LogP contribution in [0.15, 0.2) is 4.99 Å². The van der Waals surface area contributed by atoms with Crippen LogP contribution in [0.1, 0.15) is 33.6 Å². The molecule has 0 aromatic rings. The zero-order valence-electron chi connectivity index (χ0n) is 14.9. The average Bonchev–Trinajstić information content (AvgIpc) is 2.97. The van der Waals surface area contributed by atoms with Crippen LogP contribution in [0.4, 0.5) is 0 Å². The number of fused-ring (bicyclic) bond motifs is 1. The molecule has 0 saturated carbocycles. The van der Waals surface area contributed by atoms with Gasteiger partial charge in [-0.3, -0.25) is 9.89 Å². The quantitative estimate of drug-likeness (QED) is 0.365. The molecule has 0 amide bonds. The van der Waals surface area contributed by atoms with Gasteiger partial charge in [0.25, 0.3) is 0 Å². The monoisotopic (exact) mass is 456 g/mol. The van der Waals surface area contributed by atoms with Crippen LogP contribution in [0.25, 0.3) is 0 Å². The normalized spacial score (nSPS) is 25.7. The first-order chi connectivity index (χ1) is 10.5. The van der Waals surface area contributed by atoms with Crippen LogP contribution >= 0.6 is 35.7 Å². The van der Waals surface area contributed by atoms with Gasteiger partial charge < -0.3 is 15.4 Å². The topological polar surface area (TPSA) is 48.9 Å². The lowest BCUT2D eigenvalue weighted by atomic mass is 10.2. The molecule has 2 atom stereocenters. The molecule has 2 aliphatic heterocycles. The van der Waals surface area contributed by atoms with Gasteiger partial charge in [0, 0.05) is 30.4 Å². The van der Waals surface area contributed by atoms with E-state index in [1.54, 1.807) is 0 Å². The van der Waals surface area contributed by atoms with E-state index >= 15 is 0 Å². The summed E-state index contributed by atoms with van der Waals surface area (Å²) in [6.07, 6.45) is 5.03. The molecule has 5 nitrogen and oxygen atoms in total. The molecule has 2 aliphatic rings. The number of nitrogens with one attached hydrogen (secondary N) is 2. The highest BCUT2D eigenvalue weighted by molar-refractivity contribution is 14.0. The summed E-state index contributed by atoms with van der Waals surface area (Å²) in [6, 6.07) is 0.667. The first-order valence-corrected chi connectivity index (χ1v) is 9.69. The Kier molecular flexibility index (Phi) is 9.55. The van der Waals surface area contributed by atoms with Gasteiger partial charge in [0.05, 0.1) is 19.3 Å². The number of halogens is 1. The van der Waals surface area contributed by atoms with Crippen LogP contribution in [0.3, 0.4) is 0 Å². The number of rotatable bonds is 6. The van der Waals surface area contributed by atoms with Crippen LogP contribution in [0.2, 0.25) is 0 Å². The van der Waals surface area contributed by atoms with Crippen molar-refractivity contribution in [3.63, 3.8) is 0 Å². The Morgan fingerprint density at radius 3 is 2.87 bits per heavy atom. The molecule has 0 aromatic heterocycles. The van der Waals surface area contributed by atoms with Crippen LogP contribution < -0.4 is 10.6 Å². The molecular weight excluding hydrogens is 423 g/mol. The van der Waals surface area contributed by atoms with Crippen molar-refractivity contribution in [2.45, 2.75) is 50.5 Å². The average molecular weight is 456 g/mol. The molecule has 2 fully saturated rings.